The predicted molar refractivity (Wildman–Crippen MR) is 428 cm³/mol. The standard InChI is InChI=1S/C46H87NO2.C43H81NO2/c1-6-8-10-12-14-16-18-20-22-24-26-28-30-32-34-36-41-48-44-46(43-45(3)39-38-40-47(4)5)49-42-37-35-33-31-29-27-25-23-21-19-17-15-13-11-9-7-2;1-5-9-11-13-15-17-19-21-23-25-27-29-31-33-35-37-39-45-42-43(41-44(7-3)8-4)46-40-38-36-34-32-30-28-26-24-22-20-18-16-14-12-10-6-2/h14-17,20-23,45-46H,6-13,18-19,24-44H2,1-5H3;15-18,21-24,43H,5-14,19-20,25-42H2,1-4H3/b16-14-,17-15-,22-20-,23-21-;17-15-,18-16-,23-21-,24-22-. The van der Waals surface area contributed by atoms with E-state index in [0.717, 1.165) is 91.4 Å². The van der Waals surface area contributed by atoms with Gasteiger partial charge in [0.2, 0.25) is 0 Å². The van der Waals surface area contributed by atoms with Crippen LogP contribution in [0.3, 0.4) is 0 Å². The molecule has 95 heavy (non-hydrogen) atoms. The molecule has 0 N–H and O–H groups in total. The Morgan fingerprint density at radius 2 is 0.547 bits per heavy atom. The Bertz CT molecular complexity index is 1660. The minimum atomic E-state index is 0.197. The summed E-state index contributed by atoms with van der Waals surface area (Å²) in [7, 11) is 4.34. The van der Waals surface area contributed by atoms with E-state index in [2.05, 4.69) is 170 Å². The average Bonchev–Trinajstić information content (AvgIpc) is 3.67. The minimum Gasteiger partial charge on any atom is -0.379 e. The van der Waals surface area contributed by atoms with Crippen molar-refractivity contribution in [3.63, 3.8) is 0 Å². The molecule has 0 amide bonds. The van der Waals surface area contributed by atoms with Crippen molar-refractivity contribution in [3.05, 3.63) is 97.2 Å². The molecule has 0 saturated carbocycles. The predicted octanol–water partition coefficient (Wildman–Crippen LogP) is 27.7. The van der Waals surface area contributed by atoms with E-state index in [-0.39, 0.29) is 12.2 Å². The Morgan fingerprint density at radius 1 is 0.284 bits per heavy atom. The van der Waals surface area contributed by atoms with Gasteiger partial charge in [0.05, 0.1) is 25.4 Å². The van der Waals surface area contributed by atoms with E-state index in [4.69, 9.17) is 18.9 Å². The first-order chi connectivity index (χ1) is 46.9. The fourth-order valence-corrected chi connectivity index (χ4v) is 11.9. The molecule has 0 spiro atoms. The van der Waals surface area contributed by atoms with Crippen molar-refractivity contribution in [2.75, 3.05) is 79.9 Å². The van der Waals surface area contributed by atoms with Gasteiger partial charge in [0, 0.05) is 33.0 Å². The van der Waals surface area contributed by atoms with Gasteiger partial charge >= 0.3 is 0 Å². The lowest BCUT2D eigenvalue weighted by Gasteiger charge is -2.25. The molecule has 0 rings (SSSR count). The smallest absolute Gasteiger partial charge is 0.0934 e. The van der Waals surface area contributed by atoms with E-state index in [1.165, 1.54) is 302 Å². The van der Waals surface area contributed by atoms with Gasteiger partial charge in [0.1, 0.15) is 0 Å². The second-order valence-corrected chi connectivity index (χ2v) is 28.2. The number of nitrogens with zero attached hydrogens (tertiary/aromatic N) is 2. The van der Waals surface area contributed by atoms with Crippen LogP contribution < -0.4 is 0 Å². The van der Waals surface area contributed by atoms with E-state index in [0.29, 0.717) is 5.92 Å². The van der Waals surface area contributed by atoms with Gasteiger partial charge in [-0.3, -0.25) is 0 Å². The number of ether oxygens (including phenoxy) is 4. The van der Waals surface area contributed by atoms with Gasteiger partial charge in [-0.1, -0.05) is 300 Å². The molecule has 0 aliphatic rings. The molecule has 3 unspecified atom stereocenters. The van der Waals surface area contributed by atoms with Crippen LogP contribution >= 0.6 is 0 Å². The quantitative estimate of drug-likeness (QED) is 0.0447. The molecule has 0 aromatic heterocycles. The van der Waals surface area contributed by atoms with Crippen molar-refractivity contribution in [1.29, 1.82) is 0 Å². The highest BCUT2D eigenvalue weighted by molar-refractivity contribution is 4.95. The number of hydrogen-bond donors (Lipinski definition) is 0. The number of rotatable bonds is 76. The molecule has 0 aliphatic heterocycles. The first kappa shape index (κ1) is 94.7. The number of allylic oxidation sites excluding steroid dienone is 16. The summed E-state index contributed by atoms with van der Waals surface area (Å²) in [6, 6.07) is 0. The van der Waals surface area contributed by atoms with Crippen LogP contribution in [0.2, 0.25) is 0 Å². The molecule has 6 heteroatoms. The summed E-state index contributed by atoms with van der Waals surface area (Å²) in [4.78, 5) is 4.76. The Morgan fingerprint density at radius 3 is 0.842 bits per heavy atom. The van der Waals surface area contributed by atoms with Crippen LogP contribution in [-0.4, -0.2) is 102 Å². The number of unbranched alkanes of at least 4 members (excludes halogenated alkanes) is 36. The van der Waals surface area contributed by atoms with Crippen LogP contribution in [-0.2, 0) is 18.9 Å². The zero-order chi connectivity index (χ0) is 69.2. The lowest BCUT2D eigenvalue weighted by molar-refractivity contribution is -0.0332. The fourth-order valence-electron chi connectivity index (χ4n) is 11.9. The maximum absolute atomic E-state index is 6.43. The van der Waals surface area contributed by atoms with Crippen LogP contribution in [0.4, 0.5) is 0 Å². The summed E-state index contributed by atoms with van der Waals surface area (Å²) in [5, 5.41) is 0. The molecule has 0 saturated heterocycles. The molecule has 0 fully saturated rings. The van der Waals surface area contributed by atoms with Gasteiger partial charge in [-0.25, -0.2) is 0 Å². The van der Waals surface area contributed by atoms with E-state index in [9.17, 15) is 0 Å². The van der Waals surface area contributed by atoms with Gasteiger partial charge < -0.3 is 28.7 Å². The normalized spacial score (nSPS) is 13.5. The molecule has 558 valence electrons. The summed E-state index contributed by atoms with van der Waals surface area (Å²) >= 11 is 0. The van der Waals surface area contributed by atoms with Crippen molar-refractivity contribution in [2.24, 2.45) is 5.92 Å². The lowest BCUT2D eigenvalue weighted by Crippen LogP contribution is -2.36. The van der Waals surface area contributed by atoms with Crippen molar-refractivity contribution >= 4 is 0 Å². The summed E-state index contributed by atoms with van der Waals surface area (Å²) < 4.78 is 25.1. The summed E-state index contributed by atoms with van der Waals surface area (Å²) in [6.45, 7) is 25.3. The van der Waals surface area contributed by atoms with Crippen molar-refractivity contribution < 1.29 is 18.9 Å². The molecule has 0 radical (unpaired) electrons. The lowest BCUT2D eigenvalue weighted by atomic mass is 9.98. The second kappa shape index (κ2) is 85.9. The van der Waals surface area contributed by atoms with Crippen LogP contribution in [0, 0.1) is 5.92 Å². The number of hydrogen-bond acceptors (Lipinski definition) is 6. The van der Waals surface area contributed by atoms with Crippen molar-refractivity contribution in [3.8, 4) is 0 Å². The van der Waals surface area contributed by atoms with Crippen LogP contribution in [0.1, 0.15) is 376 Å². The first-order valence-corrected chi connectivity index (χ1v) is 41.8. The largest absolute Gasteiger partial charge is 0.379 e. The highest BCUT2D eigenvalue weighted by Crippen LogP contribution is 2.19. The van der Waals surface area contributed by atoms with Crippen molar-refractivity contribution in [2.45, 2.75) is 388 Å². The SMILES string of the molecule is CCCCC/C=C\C/C=C\CCCCCCCCOCC(CC(C)CCCN(C)C)OCCCCCCCC/C=C\C/C=C\CCCCC.CCCCC/C=C\C/C=C\CCCCCCCCOCC(CN(CC)CC)OCCCCCCCC/C=C\C/C=C\CCCCC. The molecular formula is C89H168N2O4. The monoisotopic (exact) mass is 1330 g/mol. The second-order valence-electron chi connectivity index (χ2n) is 28.2. The first-order valence-electron chi connectivity index (χ1n) is 41.8. The zero-order valence-corrected chi connectivity index (χ0v) is 65.6. The third-order valence-electron chi connectivity index (χ3n) is 18.3. The summed E-state index contributed by atoms with van der Waals surface area (Å²) in [5.74, 6) is 0.686. The maximum atomic E-state index is 6.43. The highest BCUT2D eigenvalue weighted by atomic mass is 16.5. The van der Waals surface area contributed by atoms with Crippen LogP contribution in [0.5, 0.6) is 0 Å². The van der Waals surface area contributed by atoms with Gasteiger partial charge in [-0.05, 0) is 213 Å². The molecule has 6 nitrogen and oxygen atoms in total. The Hall–Kier alpha value is -2.32. The van der Waals surface area contributed by atoms with E-state index < -0.39 is 0 Å². The van der Waals surface area contributed by atoms with E-state index in [1.807, 2.05) is 0 Å². The average molecular weight is 1330 g/mol. The van der Waals surface area contributed by atoms with Gasteiger partial charge in [0.15, 0.2) is 0 Å². The van der Waals surface area contributed by atoms with E-state index >= 15 is 0 Å². The van der Waals surface area contributed by atoms with Crippen LogP contribution in [0.15, 0.2) is 97.2 Å². The molecule has 0 bridgehead atoms. The fraction of sp³-hybridized carbons (Fsp3) is 0.820. The number of likely N-dealkylation sites (N-methyl/N-ethyl adjacent to an activating group) is 1. The van der Waals surface area contributed by atoms with Crippen LogP contribution in [0.25, 0.3) is 0 Å². The minimum absolute atomic E-state index is 0.197. The molecule has 0 aromatic rings. The van der Waals surface area contributed by atoms with Gasteiger partial charge in [-0.2, -0.15) is 0 Å². The third kappa shape index (κ3) is 84.0. The third-order valence-corrected chi connectivity index (χ3v) is 18.3. The zero-order valence-electron chi connectivity index (χ0n) is 65.6. The maximum Gasteiger partial charge on any atom is 0.0934 e. The summed E-state index contributed by atoms with van der Waals surface area (Å²) in [5.41, 5.74) is 0. The van der Waals surface area contributed by atoms with Gasteiger partial charge in [-0.15, -0.1) is 0 Å². The van der Waals surface area contributed by atoms with E-state index in [1.54, 1.807) is 0 Å². The van der Waals surface area contributed by atoms with Gasteiger partial charge in [0.25, 0.3) is 0 Å². The molecular weight excluding hydrogens is 1160 g/mol. The Balaban J connectivity index is 0. The highest BCUT2D eigenvalue weighted by Gasteiger charge is 2.16. The molecule has 3 atom stereocenters. The van der Waals surface area contributed by atoms with Crippen molar-refractivity contribution in [1.82, 2.24) is 9.80 Å². The summed E-state index contributed by atoms with van der Waals surface area (Å²) in [6.07, 6.45) is 103. The topological polar surface area (TPSA) is 43.4 Å². The molecule has 0 aliphatic carbocycles. The Kier molecular flexibility index (Phi) is 85.7. The molecule has 0 heterocycles. The Labute approximate surface area is 596 Å². The molecule has 0 aromatic carbocycles.